The molecule has 76 valence electrons. The molecule has 0 aromatic carbocycles. The molecule has 0 rings (SSSR count). The van der Waals surface area contributed by atoms with Crippen LogP contribution < -0.4 is 0 Å². The highest BCUT2D eigenvalue weighted by molar-refractivity contribution is 5.90. The molecule has 0 aliphatic rings. The molecule has 0 saturated carbocycles. The minimum absolute atomic E-state index is 0.0849. The van der Waals surface area contributed by atoms with E-state index in [1.807, 2.05) is 6.92 Å². The van der Waals surface area contributed by atoms with Crippen LogP contribution in [0.25, 0.3) is 0 Å². The Bertz CT molecular complexity index is 213. The normalized spacial score (nSPS) is 14.9. The van der Waals surface area contributed by atoms with Gasteiger partial charge < -0.3 is 0 Å². The topological polar surface area (TPSA) is 12.4 Å². The van der Waals surface area contributed by atoms with Gasteiger partial charge in [0.25, 0.3) is 0 Å². The molecule has 0 spiro atoms. The van der Waals surface area contributed by atoms with E-state index in [1.54, 1.807) is 13.0 Å². The molecular weight excluding hydrogens is 179 g/mol. The average molecular weight is 193 g/mol. The van der Waals surface area contributed by atoms with Crippen LogP contribution in [0, 0.1) is 0 Å². The van der Waals surface area contributed by atoms with Crippen LogP contribution in [0.15, 0.2) is 16.8 Å². The summed E-state index contributed by atoms with van der Waals surface area (Å²) in [6, 6.07) is 0. The third kappa shape index (κ3) is 4.70. The zero-order valence-electron chi connectivity index (χ0n) is 8.07. The first-order chi connectivity index (χ1) is 5.91. The summed E-state index contributed by atoms with van der Waals surface area (Å²) in [6.45, 7) is 4.88. The molecular formula is C9H14F3N. The van der Waals surface area contributed by atoms with E-state index in [0.29, 0.717) is 12.1 Å². The zero-order chi connectivity index (χ0) is 10.5. The predicted octanol–water partition coefficient (Wildman–Crippen LogP) is 3.71. The maximum absolute atomic E-state index is 12.2. The van der Waals surface area contributed by atoms with Crippen LogP contribution in [0.4, 0.5) is 13.2 Å². The second kappa shape index (κ2) is 5.04. The largest absolute Gasteiger partial charge is 0.429 e. The van der Waals surface area contributed by atoms with Gasteiger partial charge in [0.05, 0.1) is 0 Å². The number of alkyl halides is 3. The van der Waals surface area contributed by atoms with E-state index in [-0.39, 0.29) is 6.42 Å². The van der Waals surface area contributed by atoms with Gasteiger partial charge in [-0.1, -0.05) is 19.9 Å². The highest BCUT2D eigenvalue weighted by atomic mass is 19.4. The SMILES string of the molecule is CC/C=C(\C)N=C(CC)C(F)(F)F. The van der Waals surface area contributed by atoms with Crippen LogP contribution in [-0.2, 0) is 0 Å². The predicted molar refractivity (Wildman–Crippen MR) is 47.8 cm³/mol. The van der Waals surface area contributed by atoms with Crippen molar-refractivity contribution in [3.8, 4) is 0 Å². The van der Waals surface area contributed by atoms with Gasteiger partial charge in [-0.25, -0.2) is 0 Å². The lowest BCUT2D eigenvalue weighted by atomic mass is 10.2. The van der Waals surface area contributed by atoms with Gasteiger partial charge in [0.1, 0.15) is 5.71 Å². The highest BCUT2D eigenvalue weighted by Gasteiger charge is 2.33. The standard InChI is InChI=1S/C9H14F3N/c1-4-6-7(3)13-8(5-2)9(10,11)12/h6H,4-5H2,1-3H3/b7-6+,13-8?. The summed E-state index contributed by atoms with van der Waals surface area (Å²) in [7, 11) is 0. The Hall–Kier alpha value is -0.800. The molecule has 0 fully saturated rings. The lowest BCUT2D eigenvalue weighted by molar-refractivity contribution is -0.0603. The number of halogens is 3. The van der Waals surface area contributed by atoms with Gasteiger partial charge in [-0.05, 0) is 19.8 Å². The summed E-state index contributed by atoms with van der Waals surface area (Å²) in [5.74, 6) is 0. The van der Waals surface area contributed by atoms with Crippen molar-refractivity contribution >= 4 is 5.71 Å². The van der Waals surface area contributed by atoms with Crippen molar-refractivity contribution in [3.63, 3.8) is 0 Å². The lowest BCUT2D eigenvalue weighted by Gasteiger charge is -2.07. The Labute approximate surface area is 76.4 Å². The first-order valence-electron chi connectivity index (χ1n) is 4.23. The Morgan fingerprint density at radius 3 is 2.15 bits per heavy atom. The Morgan fingerprint density at radius 2 is 1.85 bits per heavy atom. The van der Waals surface area contributed by atoms with E-state index in [4.69, 9.17) is 0 Å². The van der Waals surface area contributed by atoms with E-state index >= 15 is 0 Å². The Kier molecular flexibility index (Phi) is 4.73. The van der Waals surface area contributed by atoms with Gasteiger partial charge in [0.15, 0.2) is 0 Å². The molecule has 0 bridgehead atoms. The summed E-state index contributed by atoms with van der Waals surface area (Å²) in [5.41, 5.74) is -0.286. The van der Waals surface area contributed by atoms with Crippen LogP contribution >= 0.6 is 0 Å². The second-order valence-corrected chi connectivity index (χ2v) is 2.66. The fourth-order valence-corrected chi connectivity index (χ4v) is 0.897. The molecule has 0 aromatic rings. The first kappa shape index (κ1) is 12.2. The third-order valence-electron chi connectivity index (χ3n) is 1.47. The molecule has 0 aromatic heterocycles. The van der Waals surface area contributed by atoms with Crippen molar-refractivity contribution in [1.29, 1.82) is 0 Å². The minimum Gasteiger partial charge on any atom is -0.253 e. The van der Waals surface area contributed by atoms with Crippen LogP contribution in [-0.4, -0.2) is 11.9 Å². The molecule has 4 heteroatoms. The van der Waals surface area contributed by atoms with E-state index in [1.165, 1.54) is 6.92 Å². The molecule has 0 heterocycles. The van der Waals surface area contributed by atoms with Crippen LogP contribution in [0.1, 0.15) is 33.6 Å². The fourth-order valence-electron chi connectivity index (χ4n) is 0.897. The molecule has 0 saturated heterocycles. The van der Waals surface area contributed by atoms with Crippen molar-refractivity contribution in [1.82, 2.24) is 0 Å². The van der Waals surface area contributed by atoms with Gasteiger partial charge in [-0.2, -0.15) is 13.2 Å². The number of aliphatic imine (C=N–C) groups is 1. The summed E-state index contributed by atoms with van der Waals surface area (Å²) >= 11 is 0. The molecule has 13 heavy (non-hydrogen) atoms. The Balaban J connectivity index is 4.67. The van der Waals surface area contributed by atoms with Crippen LogP contribution in [0.5, 0.6) is 0 Å². The smallest absolute Gasteiger partial charge is 0.253 e. The van der Waals surface area contributed by atoms with Gasteiger partial charge in [0.2, 0.25) is 0 Å². The van der Waals surface area contributed by atoms with Crippen molar-refractivity contribution in [2.24, 2.45) is 4.99 Å². The monoisotopic (exact) mass is 193 g/mol. The number of nitrogens with zero attached hydrogens (tertiary/aromatic N) is 1. The number of allylic oxidation sites excluding steroid dienone is 2. The summed E-state index contributed by atoms with van der Waals surface area (Å²) in [5, 5.41) is 0. The molecule has 0 aliphatic heterocycles. The number of hydrogen-bond acceptors (Lipinski definition) is 1. The number of hydrogen-bond donors (Lipinski definition) is 0. The minimum atomic E-state index is -4.29. The van der Waals surface area contributed by atoms with E-state index in [0.717, 1.165) is 0 Å². The molecule has 0 aliphatic carbocycles. The van der Waals surface area contributed by atoms with E-state index in [9.17, 15) is 13.2 Å². The first-order valence-corrected chi connectivity index (χ1v) is 4.23. The molecule has 1 nitrogen and oxygen atoms in total. The highest BCUT2D eigenvalue weighted by Crippen LogP contribution is 2.20. The molecule has 0 atom stereocenters. The third-order valence-corrected chi connectivity index (χ3v) is 1.47. The lowest BCUT2D eigenvalue weighted by Crippen LogP contribution is -2.22. The van der Waals surface area contributed by atoms with Crippen LogP contribution in [0.3, 0.4) is 0 Å². The van der Waals surface area contributed by atoms with Crippen LogP contribution in [0.2, 0.25) is 0 Å². The summed E-state index contributed by atoms with van der Waals surface area (Å²) in [6.07, 6.45) is -2.01. The van der Waals surface area contributed by atoms with Gasteiger partial charge >= 0.3 is 6.18 Å². The summed E-state index contributed by atoms with van der Waals surface area (Å²) in [4.78, 5) is 3.51. The number of rotatable bonds is 3. The fraction of sp³-hybridized carbons (Fsp3) is 0.667. The molecule has 0 N–H and O–H groups in total. The maximum atomic E-state index is 12.2. The summed E-state index contributed by atoms with van der Waals surface area (Å²) < 4.78 is 36.5. The molecule has 0 unspecified atom stereocenters. The maximum Gasteiger partial charge on any atom is 0.429 e. The van der Waals surface area contributed by atoms with Crippen molar-refractivity contribution in [3.05, 3.63) is 11.8 Å². The quantitative estimate of drug-likeness (QED) is 0.606. The van der Waals surface area contributed by atoms with E-state index < -0.39 is 11.9 Å². The molecule has 0 amide bonds. The van der Waals surface area contributed by atoms with Gasteiger partial charge in [-0.15, -0.1) is 0 Å². The Morgan fingerprint density at radius 1 is 1.31 bits per heavy atom. The van der Waals surface area contributed by atoms with Crippen molar-refractivity contribution < 1.29 is 13.2 Å². The second-order valence-electron chi connectivity index (χ2n) is 2.66. The van der Waals surface area contributed by atoms with Gasteiger partial charge in [0, 0.05) is 5.70 Å². The van der Waals surface area contributed by atoms with Crippen molar-refractivity contribution in [2.75, 3.05) is 0 Å². The van der Waals surface area contributed by atoms with Crippen molar-refractivity contribution in [2.45, 2.75) is 39.8 Å². The zero-order valence-corrected chi connectivity index (χ0v) is 8.07. The van der Waals surface area contributed by atoms with Gasteiger partial charge in [-0.3, -0.25) is 4.99 Å². The molecule has 0 radical (unpaired) electrons. The average Bonchev–Trinajstić information content (AvgIpc) is 1.98. The van der Waals surface area contributed by atoms with E-state index in [2.05, 4.69) is 4.99 Å².